The molecule has 136 valence electrons. The minimum Gasteiger partial charge on any atom is -0.321 e. The lowest BCUT2D eigenvalue weighted by atomic mass is 10.0. The Morgan fingerprint density at radius 2 is 2.08 bits per heavy atom. The molecule has 2 aromatic rings. The van der Waals surface area contributed by atoms with Gasteiger partial charge in [-0.05, 0) is 49.1 Å². The number of nitrogens with zero attached hydrogens (tertiary/aromatic N) is 2. The number of hydrogen-bond donors (Lipinski definition) is 1. The fourth-order valence-electron chi connectivity index (χ4n) is 2.91. The number of benzene rings is 1. The van der Waals surface area contributed by atoms with Crippen LogP contribution >= 0.6 is 11.3 Å². The minimum atomic E-state index is -3.56. The summed E-state index contributed by atoms with van der Waals surface area (Å²) in [6, 6.07) is 9.93. The van der Waals surface area contributed by atoms with Gasteiger partial charge in [0.1, 0.15) is 0 Å². The molecule has 1 saturated heterocycles. The average Bonchev–Trinajstić information content (AvgIpc) is 3.13. The number of hydrogen-bond acceptors (Lipinski definition) is 5. The smallest absolute Gasteiger partial charge is 0.265 e. The van der Waals surface area contributed by atoms with E-state index in [1.54, 1.807) is 24.3 Å². The molecule has 0 spiro atoms. The Kier molecular flexibility index (Phi) is 5.41. The summed E-state index contributed by atoms with van der Waals surface area (Å²) in [4.78, 5) is 12.9. The maximum Gasteiger partial charge on any atom is 0.265 e. The summed E-state index contributed by atoms with van der Waals surface area (Å²) in [5.41, 5.74) is 1.06. The molecule has 0 radical (unpaired) electrons. The molecule has 8 heteroatoms. The molecule has 0 saturated carbocycles. The third-order valence-electron chi connectivity index (χ3n) is 4.33. The van der Waals surface area contributed by atoms with Crippen molar-refractivity contribution in [3.05, 3.63) is 46.2 Å². The summed E-state index contributed by atoms with van der Waals surface area (Å²) < 4.78 is 27.0. The lowest BCUT2D eigenvalue weighted by molar-refractivity contribution is 0.103. The van der Waals surface area contributed by atoms with Crippen LogP contribution in [0, 0.1) is 17.2 Å². The molecule has 1 aliphatic rings. The molecule has 1 N–H and O–H groups in total. The molecule has 26 heavy (non-hydrogen) atoms. The van der Waals surface area contributed by atoms with E-state index in [4.69, 9.17) is 5.26 Å². The third kappa shape index (κ3) is 3.96. The highest BCUT2D eigenvalue weighted by Gasteiger charge is 2.30. The third-order valence-corrected chi connectivity index (χ3v) is 7.25. The van der Waals surface area contributed by atoms with Crippen molar-refractivity contribution in [2.24, 2.45) is 5.92 Å². The van der Waals surface area contributed by atoms with Crippen molar-refractivity contribution >= 4 is 33.0 Å². The van der Waals surface area contributed by atoms with E-state index < -0.39 is 10.0 Å². The fourth-order valence-corrected chi connectivity index (χ4v) is 5.66. The average molecular weight is 390 g/mol. The Morgan fingerprint density at radius 3 is 2.73 bits per heavy atom. The zero-order chi connectivity index (χ0) is 18.7. The van der Waals surface area contributed by atoms with Gasteiger partial charge in [-0.1, -0.05) is 6.92 Å². The molecule has 2 heterocycles. The largest absolute Gasteiger partial charge is 0.321 e. The molecule has 1 atom stereocenters. The number of rotatable bonds is 4. The van der Waals surface area contributed by atoms with Crippen molar-refractivity contribution in [2.75, 3.05) is 18.4 Å². The van der Waals surface area contributed by atoms with Crippen LogP contribution in [0.4, 0.5) is 5.69 Å². The summed E-state index contributed by atoms with van der Waals surface area (Å²) in [7, 11) is -3.56. The molecular weight excluding hydrogens is 370 g/mol. The molecule has 6 nitrogen and oxygen atoms in total. The molecule has 0 unspecified atom stereocenters. The summed E-state index contributed by atoms with van der Waals surface area (Å²) in [6.45, 7) is 3.09. The summed E-state index contributed by atoms with van der Waals surface area (Å²) in [5, 5.41) is 13.0. The van der Waals surface area contributed by atoms with Gasteiger partial charge in [-0.2, -0.15) is 9.57 Å². The second kappa shape index (κ2) is 7.58. The van der Waals surface area contributed by atoms with Crippen LogP contribution in [-0.2, 0) is 10.0 Å². The molecule has 0 bridgehead atoms. The quantitative estimate of drug-likeness (QED) is 0.869. The molecular formula is C18H19N3O3S2. The Bertz CT molecular complexity index is 943. The van der Waals surface area contributed by atoms with Gasteiger partial charge < -0.3 is 5.32 Å². The van der Waals surface area contributed by atoms with Crippen molar-refractivity contribution in [3.8, 4) is 6.07 Å². The summed E-state index contributed by atoms with van der Waals surface area (Å²) in [5.74, 6) is -0.0236. The highest BCUT2D eigenvalue weighted by Crippen LogP contribution is 2.27. The van der Waals surface area contributed by atoms with Gasteiger partial charge in [-0.15, -0.1) is 11.3 Å². The van der Waals surface area contributed by atoms with Gasteiger partial charge in [0.05, 0.1) is 21.4 Å². The van der Waals surface area contributed by atoms with Crippen LogP contribution in [0.2, 0.25) is 0 Å². The van der Waals surface area contributed by atoms with Crippen molar-refractivity contribution in [1.82, 2.24) is 4.31 Å². The fraction of sp³-hybridized carbons (Fsp3) is 0.333. The summed E-state index contributed by atoms with van der Waals surface area (Å²) in [6.07, 6.45) is 1.89. The van der Waals surface area contributed by atoms with Gasteiger partial charge in [0.25, 0.3) is 5.91 Å². The van der Waals surface area contributed by atoms with E-state index in [9.17, 15) is 13.2 Å². The zero-order valence-corrected chi connectivity index (χ0v) is 15.9. The van der Waals surface area contributed by atoms with Crippen LogP contribution in [0.15, 0.2) is 40.6 Å². The van der Waals surface area contributed by atoms with Crippen molar-refractivity contribution < 1.29 is 13.2 Å². The lowest BCUT2D eigenvalue weighted by Gasteiger charge is -2.29. The van der Waals surface area contributed by atoms with Crippen LogP contribution in [0.25, 0.3) is 0 Å². The molecule has 1 fully saturated rings. The molecule has 1 aromatic carbocycles. The first-order chi connectivity index (χ1) is 12.4. The van der Waals surface area contributed by atoms with E-state index in [1.807, 2.05) is 13.0 Å². The van der Waals surface area contributed by atoms with Crippen LogP contribution in [-0.4, -0.2) is 31.7 Å². The highest BCUT2D eigenvalue weighted by molar-refractivity contribution is 7.89. The maximum absolute atomic E-state index is 12.8. The number of piperidine rings is 1. The topological polar surface area (TPSA) is 90.3 Å². The maximum atomic E-state index is 12.8. The first-order valence-electron chi connectivity index (χ1n) is 8.30. The van der Waals surface area contributed by atoms with Crippen LogP contribution < -0.4 is 5.32 Å². The minimum absolute atomic E-state index is 0.168. The zero-order valence-electron chi connectivity index (χ0n) is 14.3. The van der Waals surface area contributed by atoms with Crippen LogP contribution in [0.3, 0.4) is 0 Å². The van der Waals surface area contributed by atoms with Gasteiger partial charge >= 0.3 is 0 Å². The van der Waals surface area contributed by atoms with E-state index in [0.717, 1.165) is 24.2 Å². The predicted octanol–water partition coefficient (Wildman–Crippen LogP) is 3.29. The van der Waals surface area contributed by atoms with Gasteiger partial charge in [0.2, 0.25) is 10.0 Å². The normalized spacial score (nSPS) is 18.2. The first kappa shape index (κ1) is 18.6. The lowest BCUT2D eigenvalue weighted by Crippen LogP contribution is -2.38. The van der Waals surface area contributed by atoms with Crippen molar-refractivity contribution in [1.29, 1.82) is 5.26 Å². The second-order valence-corrected chi connectivity index (χ2v) is 9.25. The van der Waals surface area contributed by atoms with Gasteiger partial charge in [0.15, 0.2) is 0 Å². The van der Waals surface area contributed by atoms with Gasteiger partial charge in [-0.3, -0.25) is 4.79 Å². The summed E-state index contributed by atoms with van der Waals surface area (Å²) >= 11 is 1.11. The van der Waals surface area contributed by atoms with E-state index >= 15 is 0 Å². The molecule has 1 aliphatic heterocycles. The van der Waals surface area contributed by atoms with Gasteiger partial charge in [0, 0.05) is 24.2 Å². The number of nitrogens with one attached hydrogen (secondary N) is 1. The Hall–Kier alpha value is -2.21. The van der Waals surface area contributed by atoms with Crippen molar-refractivity contribution in [3.63, 3.8) is 0 Å². The monoisotopic (exact) mass is 389 g/mol. The molecule has 1 amide bonds. The van der Waals surface area contributed by atoms with Crippen LogP contribution in [0.1, 0.15) is 35.0 Å². The number of sulfonamides is 1. The van der Waals surface area contributed by atoms with E-state index in [1.165, 1.54) is 15.8 Å². The molecule has 0 aliphatic carbocycles. The number of carbonyl (C=O) groups excluding carboxylic acids is 1. The number of carbonyl (C=O) groups is 1. The van der Waals surface area contributed by atoms with E-state index in [0.29, 0.717) is 35.1 Å². The van der Waals surface area contributed by atoms with E-state index in [-0.39, 0.29) is 10.8 Å². The van der Waals surface area contributed by atoms with Crippen LogP contribution in [0.5, 0.6) is 0 Å². The SMILES string of the molecule is C[C@H]1CCCN(S(=O)(=O)c2csc(C(=O)Nc3ccc(C#N)cc3)c2)C1. The van der Waals surface area contributed by atoms with E-state index in [2.05, 4.69) is 5.32 Å². The Morgan fingerprint density at radius 1 is 1.35 bits per heavy atom. The first-order valence-corrected chi connectivity index (χ1v) is 10.6. The predicted molar refractivity (Wildman–Crippen MR) is 101 cm³/mol. The standard InChI is InChI=1S/C18H19N3O3S2/c1-13-3-2-8-21(11-13)26(23,24)16-9-17(25-12-16)18(22)20-15-6-4-14(10-19)5-7-15/h4-7,9,12-13H,2-3,8,11H2,1H3,(H,20,22)/t13-/m0/s1. The van der Waals surface area contributed by atoms with Crippen molar-refractivity contribution in [2.45, 2.75) is 24.7 Å². The number of anilines is 1. The number of thiophene rings is 1. The Labute approximate surface area is 157 Å². The van der Waals surface area contributed by atoms with Gasteiger partial charge in [-0.25, -0.2) is 8.42 Å². The number of nitriles is 1. The molecule has 3 rings (SSSR count). The Balaban J connectivity index is 1.74. The number of amides is 1. The second-order valence-electron chi connectivity index (χ2n) is 6.40. The molecule has 1 aromatic heterocycles. The highest BCUT2D eigenvalue weighted by atomic mass is 32.2.